The molecule has 0 amide bonds. The lowest BCUT2D eigenvalue weighted by Crippen LogP contribution is -2.43. The molecule has 12 heteroatoms. The SMILES string of the molecule is COC(=O)C1=C(C)N=C(C)C(C(=O)OC)C1c1cccc(NC(=NCCNC2CCN(c3ccccc3OC)CC2)NC#N)c1. The number of carbonyl (C=O) groups is 2. The van der Waals surface area contributed by atoms with Crippen molar-refractivity contribution in [3.8, 4) is 11.9 Å². The molecule has 4 rings (SSSR count). The number of esters is 2. The number of piperidine rings is 1. The Morgan fingerprint density at radius 3 is 2.51 bits per heavy atom. The summed E-state index contributed by atoms with van der Waals surface area (Å²) in [6, 6.07) is 15.7. The van der Waals surface area contributed by atoms with E-state index in [4.69, 9.17) is 14.2 Å². The lowest BCUT2D eigenvalue weighted by Gasteiger charge is -2.34. The number of methoxy groups -OCH3 is 3. The molecule has 2 aliphatic rings. The van der Waals surface area contributed by atoms with Crippen molar-refractivity contribution in [2.75, 3.05) is 57.7 Å². The third-order valence-electron chi connectivity index (χ3n) is 8.11. The Labute approximate surface area is 264 Å². The Balaban J connectivity index is 1.41. The molecule has 0 radical (unpaired) electrons. The third kappa shape index (κ3) is 7.99. The van der Waals surface area contributed by atoms with Crippen LogP contribution in [0.5, 0.6) is 5.75 Å². The van der Waals surface area contributed by atoms with E-state index >= 15 is 0 Å². The van der Waals surface area contributed by atoms with E-state index in [1.807, 2.05) is 42.6 Å². The highest BCUT2D eigenvalue weighted by atomic mass is 16.5. The molecule has 2 aromatic rings. The zero-order chi connectivity index (χ0) is 32.3. The number of hydrogen-bond donors (Lipinski definition) is 3. The van der Waals surface area contributed by atoms with Crippen LogP contribution in [0.4, 0.5) is 11.4 Å². The molecule has 1 saturated heterocycles. The van der Waals surface area contributed by atoms with Crippen molar-refractivity contribution in [1.82, 2.24) is 10.6 Å². The molecule has 238 valence electrons. The molecule has 12 nitrogen and oxygen atoms in total. The van der Waals surface area contributed by atoms with E-state index in [0.717, 1.165) is 37.4 Å². The molecule has 0 aromatic heterocycles. The average molecular weight is 616 g/mol. The maximum atomic E-state index is 12.9. The summed E-state index contributed by atoms with van der Waals surface area (Å²) in [4.78, 5) is 37.1. The zero-order valence-electron chi connectivity index (χ0n) is 26.4. The fourth-order valence-electron chi connectivity index (χ4n) is 5.97. The Kier molecular flexibility index (Phi) is 11.5. The average Bonchev–Trinajstić information content (AvgIpc) is 3.06. The number of allylic oxidation sites excluding steroid dienone is 1. The van der Waals surface area contributed by atoms with Crippen LogP contribution in [0.3, 0.4) is 0 Å². The van der Waals surface area contributed by atoms with Gasteiger partial charge in [0.05, 0.1) is 39.1 Å². The highest BCUT2D eigenvalue weighted by Gasteiger charge is 2.42. The number of guanidine groups is 1. The summed E-state index contributed by atoms with van der Waals surface area (Å²) < 4.78 is 15.7. The number of benzene rings is 2. The second kappa shape index (κ2) is 15.7. The van der Waals surface area contributed by atoms with Gasteiger partial charge in [-0.1, -0.05) is 24.3 Å². The maximum absolute atomic E-state index is 12.9. The number of nitrogens with zero attached hydrogens (tertiary/aromatic N) is 4. The molecule has 0 spiro atoms. The third-order valence-corrected chi connectivity index (χ3v) is 8.11. The summed E-state index contributed by atoms with van der Waals surface area (Å²) in [5, 5.41) is 18.7. The summed E-state index contributed by atoms with van der Waals surface area (Å²) in [7, 11) is 4.30. The molecule has 0 bridgehead atoms. The molecule has 2 atom stereocenters. The lowest BCUT2D eigenvalue weighted by atomic mass is 9.75. The number of hydrogen-bond acceptors (Lipinski definition) is 10. The van der Waals surface area contributed by atoms with Crippen molar-refractivity contribution < 1.29 is 23.8 Å². The minimum Gasteiger partial charge on any atom is -0.495 e. The van der Waals surface area contributed by atoms with Gasteiger partial charge in [-0.05, 0) is 56.5 Å². The van der Waals surface area contributed by atoms with Crippen LogP contribution >= 0.6 is 0 Å². The number of nitriles is 1. The predicted octanol–water partition coefficient (Wildman–Crippen LogP) is 3.59. The molecule has 0 saturated carbocycles. The number of anilines is 2. The Bertz CT molecular complexity index is 1500. The van der Waals surface area contributed by atoms with Gasteiger partial charge in [0.2, 0.25) is 5.96 Å². The van der Waals surface area contributed by atoms with Crippen LogP contribution in [0.25, 0.3) is 0 Å². The molecule has 1 fully saturated rings. The van der Waals surface area contributed by atoms with Gasteiger partial charge in [0.1, 0.15) is 11.7 Å². The van der Waals surface area contributed by atoms with Crippen LogP contribution in [-0.2, 0) is 19.1 Å². The molecule has 2 aromatic carbocycles. The summed E-state index contributed by atoms with van der Waals surface area (Å²) in [6.45, 7) is 6.41. The zero-order valence-corrected chi connectivity index (χ0v) is 26.4. The van der Waals surface area contributed by atoms with E-state index in [2.05, 4.69) is 36.9 Å². The van der Waals surface area contributed by atoms with Crippen LogP contribution in [0.2, 0.25) is 0 Å². The fourth-order valence-corrected chi connectivity index (χ4v) is 5.97. The van der Waals surface area contributed by atoms with Crippen molar-refractivity contribution >= 4 is 35.0 Å². The van der Waals surface area contributed by atoms with Crippen molar-refractivity contribution in [3.05, 3.63) is 65.4 Å². The number of rotatable bonds is 10. The Hall–Kier alpha value is -4.89. The first-order chi connectivity index (χ1) is 21.8. The molecular weight excluding hydrogens is 574 g/mol. The van der Waals surface area contributed by atoms with Crippen LogP contribution in [-0.4, -0.2) is 77.2 Å². The van der Waals surface area contributed by atoms with E-state index in [0.29, 0.717) is 47.4 Å². The number of para-hydroxylation sites is 2. The second-order valence-electron chi connectivity index (χ2n) is 10.8. The minimum atomic E-state index is -0.805. The summed E-state index contributed by atoms with van der Waals surface area (Å²) >= 11 is 0. The molecule has 45 heavy (non-hydrogen) atoms. The topological polar surface area (TPSA) is 150 Å². The normalized spacial score (nSPS) is 18.9. The van der Waals surface area contributed by atoms with Gasteiger partial charge in [-0.15, -0.1) is 0 Å². The molecule has 2 heterocycles. The van der Waals surface area contributed by atoms with Crippen molar-refractivity contribution in [3.63, 3.8) is 0 Å². The first kappa shape index (κ1) is 33.0. The quantitative estimate of drug-likeness (QED) is 0.0904. The number of carbonyl (C=O) groups excluding carboxylic acids is 2. The van der Waals surface area contributed by atoms with Gasteiger partial charge in [-0.3, -0.25) is 20.1 Å². The van der Waals surface area contributed by atoms with Gasteiger partial charge in [0.15, 0.2) is 6.19 Å². The molecular formula is C33H41N7O5. The first-order valence-corrected chi connectivity index (χ1v) is 14.9. The van der Waals surface area contributed by atoms with Crippen LogP contribution in [0.1, 0.15) is 38.2 Å². The Morgan fingerprint density at radius 2 is 1.82 bits per heavy atom. The molecule has 2 unspecified atom stereocenters. The Morgan fingerprint density at radius 1 is 1.07 bits per heavy atom. The van der Waals surface area contributed by atoms with E-state index in [1.54, 1.807) is 27.0 Å². The predicted molar refractivity (Wildman–Crippen MR) is 173 cm³/mol. The van der Waals surface area contributed by atoms with Crippen LogP contribution < -0.4 is 25.6 Å². The molecule has 3 N–H and O–H groups in total. The largest absolute Gasteiger partial charge is 0.495 e. The van der Waals surface area contributed by atoms with Gasteiger partial charge < -0.3 is 29.7 Å². The van der Waals surface area contributed by atoms with Crippen molar-refractivity contribution in [2.24, 2.45) is 15.9 Å². The number of aliphatic imine (C=N–C) groups is 2. The second-order valence-corrected chi connectivity index (χ2v) is 10.8. The standard InChI is InChI=1S/C33H41N7O5/c1-21-28(31(41)44-4)30(29(22(2)38-21)32(42)45-5)23-9-8-10-25(19-23)39-33(37-20-34)36-16-15-35-24-13-17-40(18-14-24)26-11-6-7-12-27(26)43-3/h6-12,19,24,28,30,35H,13-18H2,1-5H3,(H2,36,37,39). The first-order valence-electron chi connectivity index (χ1n) is 14.9. The maximum Gasteiger partial charge on any atom is 0.336 e. The van der Waals surface area contributed by atoms with Gasteiger partial charge in [-0.25, -0.2) is 4.79 Å². The van der Waals surface area contributed by atoms with Gasteiger partial charge >= 0.3 is 11.9 Å². The van der Waals surface area contributed by atoms with Gasteiger partial charge in [-0.2, -0.15) is 5.26 Å². The number of nitrogens with one attached hydrogen (secondary N) is 3. The highest BCUT2D eigenvalue weighted by Crippen LogP contribution is 2.40. The lowest BCUT2D eigenvalue weighted by molar-refractivity contribution is -0.143. The molecule has 0 aliphatic carbocycles. The molecule has 2 aliphatic heterocycles. The summed E-state index contributed by atoms with van der Waals surface area (Å²) in [5.74, 6) is -1.37. The van der Waals surface area contributed by atoms with Gasteiger partial charge in [0.25, 0.3) is 0 Å². The van der Waals surface area contributed by atoms with Crippen LogP contribution in [0.15, 0.2) is 69.8 Å². The minimum absolute atomic E-state index is 0.285. The van der Waals surface area contributed by atoms with E-state index in [1.165, 1.54) is 14.2 Å². The highest BCUT2D eigenvalue weighted by molar-refractivity contribution is 6.07. The van der Waals surface area contributed by atoms with Crippen LogP contribution in [0, 0.1) is 17.4 Å². The smallest absolute Gasteiger partial charge is 0.336 e. The van der Waals surface area contributed by atoms with E-state index < -0.39 is 23.8 Å². The van der Waals surface area contributed by atoms with Gasteiger partial charge in [0, 0.05) is 48.7 Å². The summed E-state index contributed by atoms with van der Waals surface area (Å²) in [5.41, 5.74) is 3.74. The fraction of sp³-hybridized carbons (Fsp3) is 0.424. The summed E-state index contributed by atoms with van der Waals surface area (Å²) in [6.07, 6.45) is 3.92. The number of ether oxygens (including phenoxy) is 3. The van der Waals surface area contributed by atoms with E-state index in [9.17, 15) is 14.9 Å². The monoisotopic (exact) mass is 615 g/mol. The van der Waals surface area contributed by atoms with Crippen molar-refractivity contribution in [1.29, 1.82) is 5.26 Å². The van der Waals surface area contributed by atoms with E-state index in [-0.39, 0.29) is 5.96 Å². The van der Waals surface area contributed by atoms with Crippen molar-refractivity contribution in [2.45, 2.75) is 38.6 Å².